The average molecular weight is 203 g/mol. The lowest BCUT2D eigenvalue weighted by atomic mass is 10.0. The molecule has 1 aromatic rings. The van der Waals surface area contributed by atoms with Gasteiger partial charge in [-0.25, -0.2) is 0 Å². The smallest absolute Gasteiger partial charge is 0.0991 e. The van der Waals surface area contributed by atoms with E-state index in [-0.39, 0.29) is 6.04 Å². The van der Waals surface area contributed by atoms with Crippen LogP contribution in [-0.2, 0) is 6.42 Å². The average Bonchev–Trinajstić information content (AvgIpc) is 2.17. The molecule has 0 spiro atoms. The van der Waals surface area contributed by atoms with E-state index < -0.39 is 0 Å². The quantitative estimate of drug-likeness (QED) is 0.794. The maximum absolute atomic E-state index is 8.65. The number of benzene rings is 1. The van der Waals surface area contributed by atoms with Gasteiger partial charge in [-0.15, -0.1) is 0 Å². The molecule has 80 valence electrons. The Morgan fingerprint density at radius 1 is 1.33 bits per heavy atom. The lowest BCUT2D eigenvalue weighted by Crippen LogP contribution is -2.34. The Morgan fingerprint density at radius 3 is 2.40 bits per heavy atom. The minimum atomic E-state index is 0.146. The molecule has 3 nitrogen and oxygen atoms in total. The highest BCUT2D eigenvalue weighted by Crippen LogP contribution is 2.05. The predicted molar refractivity (Wildman–Crippen MR) is 61.4 cm³/mol. The van der Waals surface area contributed by atoms with Gasteiger partial charge in [-0.2, -0.15) is 5.26 Å². The Balaban J connectivity index is 2.54. The molecule has 0 aliphatic rings. The van der Waals surface area contributed by atoms with Gasteiger partial charge in [-0.05, 0) is 38.2 Å². The van der Waals surface area contributed by atoms with Gasteiger partial charge in [0.2, 0.25) is 0 Å². The highest BCUT2D eigenvalue weighted by atomic mass is 15.1. The summed E-state index contributed by atoms with van der Waals surface area (Å²) in [6.07, 6.45) is 0.851. The second-order valence-electron chi connectivity index (χ2n) is 4.04. The monoisotopic (exact) mass is 203 g/mol. The molecule has 1 aromatic carbocycles. The van der Waals surface area contributed by atoms with Crippen molar-refractivity contribution < 1.29 is 0 Å². The molecule has 15 heavy (non-hydrogen) atoms. The van der Waals surface area contributed by atoms with Crippen LogP contribution >= 0.6 is 0 Å². The molecular weight excluding hydrogens is 186 g/mol. The van der Waals surface area contributed by atoms with Crippen LogP contribution in [-0.4, -0.2) is 31.6 Å². The lowest BCUT2D eigenvalue weighted by molar-refractivity contribution is 0.371. The second-order valence-corrected chi connectivity index (χ2v) is 4.04. The normalized spacial score (nSPS) is 12.5. The first-order chi connectivity index (χ1) is 7.11. The largest absolute Gasteiger partial charge is 0.326 e. The molecule has 0 aliphatic carbocycles. The molecule has 0 fully saturated rings. The number of nitriles is 1. The zero-order chi connectivity index (χ0) is 11.3. The van der Waals surface area contributed by atoms with E-state index >= 15 is 0 Å². The van der Waals surface area contributed by atoms with Gasteiger partial charge in [0.25, 0.3) is 0 Å². The maximum atomic E-state index is 8.65. The predicted octanol–water partition coefficient (Wildman–Crippen LogP) is 0.990. The molecule has 0 heterocycles. The summed E-state index contributed by atoms with van der Waals surface area (Å²) >= 11 is 0. The summed E-state index contributed by atoms with van der Waals surface area (Å²) in [7, 11) is 4.03. The van der Waals surface area contributed by atoms with Crippen LogP contribution in [0.4, 0.5) is 0 Å². The molecule has 0 saturated heterocycles. The SMILES string of the molecule is CN(C)C[C@H](N)Cc1ccc(C#N)cc1. The Kier molecular flexibility index (Phi) is 4.29. The summed E-state index contributed by atoms with van der Waals surface area (Å²) in [4.78, 5) is 2.08. The first-order valence-corrected chi connectivity index (χ1v) is 5.01. The van der Waals surface area contributed by atoms with Gasteiger partial charge in [0.1, 0.15) is 0 Å². The highest BCUT2D eigenvalue weighted by molar-refractivity contribution is 5.31. The minimum absolute atomic E-state index is 0.146. The third-order valence-electron chi connectivity index (χ3n) is 2.18. The molecular formula is C12H17N3. The van der Waals surface area contributed by atoms with Crippen molar-refractivity contribution in [1.29, 1.82) is 5.26 Å². The van der Waals surface area contributed by atoms with E-state index in [4.69, 9.17) is 11.0 Å². The van der Waals surface area contributed by atoms with Crippen molar-refractivity contribution in [3.05, 3.63) is 35.4 Å². The van der Waals surface area contributed by atoms with Crippen LogP contribution in [0.25, 0.3) is 0 Å². The van der Waals surface area contributed by atoms with Gasteiger partial charge in [-0.3, -0.25) is 0 Å². The fraction of sp³-hybridized carbons (Fsp3) is 0.417. The van der Waals surface area contributed by atoms with E-state index in [1.807, 2.05) is 38.4 Å². The zero-order valence-electron chi connectivity index (χ0n) is 9.27. The lowest BCUT2D eigenvalue weighted by Gasteiger charge is -2.16. The third kappa shape index (κ3) is 4.11. The fourth-order valence-electron chi connectivity index (χ4n) is 1.55. The summed E-state index contributed by atoms with van der Waals surface area (Å²) < 4.78 is 0. The number of hydrogen-bond donors (Lipinski definition) is 1. The maximum Gasteiger partial charge on any atom is 0.0991 e. The van der Waals surface area contributed by atoms with Gasteiger partial charge in [0.15, 0.2) is 0 Å². The van der Waals surface area contributed by atoms with Crippen molar-refractivity contribution in [2.24, 2.45) is 5.73 Å². The molecule has 1 rings (SSSR count). The number of likely N-dealkylation sites (N-methyl/N-ethyl adjacent to an activating group) is 1. The van der Waals surface area contributed by atoms with Crippen LogP contribution in [0.3, 0.4) is 0 Å². The van der Waals surface area contributed by atoms with E-state index in [0.29, 0.717) is 5.56 Å². The van der Waals surface area contributed by atoms with Crippen molar-refractivity contribution in [2.75, 3.05) is 20.6 Å². The zero-order valence-corrected chi connectivity index (χ0v) is 9.27. The molecule has 0 amide bonds. The molecule has 2 N–H and O–H groups in total. The number of rotatable bonds is 4. The second kappa shape index (κ2) is 5.50. The van der Waals surface area contributed by atoms with Crippen molar-refractivity contribution >= 4 is 0 Å². The highest BCUT2D eigenvalue weighted by Gasteiger charge is 2.05. The van der Waals surface area contributed by atoms with E-state index in [9.17, 15) is 0 Å². The van der Waals surface area contributed by atoms with Crippen molar-refractivity contribution in [1.82, 2.24) is 4.90 Å². The summed E-state index contributed by atoms with van der Waals surface area (Å²) in [6, 6.07) is 9.84. The van der Waals surface area contributed by atoms with E-state index in [1.54, 1.807) is 0 Å². The summed E-state index contributed by atoms with van der Waals surface area (Å²) in [5.74, 6) is 0. The van der Waals surface area contributed by atoms with E-state index in [2.05, 4.69) is 11.0 Å². The van der Waals surface area contributed by atoms with Gasteiger partial charge in [0.05, 0.1) is 11.6 Å². The van der Waals surface area contributed by atoms with Crippen LogP contribution in [0.1, 0.15) is 11.1 Å². The minimum Gasteiger partial charge on any atom is -0.326 e. The number of nitrogens with zero attached hydrogens (tertiary/aromatic N) is 2. The summed E-state index contributed by atoms with van der Waals surface area (Å²) in [6.45, 7) is 0.875. The van der Waals surface area contributed by atoms with Gasteiger partial charge < -0.3 is 10.6 Å². The van der Waals surface area contributed by atoms with Crippen LogP contribution in [0.15, 0.2) is 24.3 Å². The Hall–Kier alpha value is -1.37. The molecule has 0 radical (unpaired) electrons. The van der Waals surface area contributed by atoms with Gasteiger partial charge in [-0.1, -0.05) is 12.1 Å². The molecule has 0 bridgehead atoms. The molecule has 0 aromatic heterocycles. The van der Waals surface area contributed by atoms with Crippen molar-refractivity contribution in [3.8, 4) is 6.07 Å². The van der Waals surface area contributed by atoms with Gasteiger partial charge in [0, 0.05) is 12.6 Å². The Labute approximate surface area is 91.1 Å². The van der Waals surface area contributed by atoms with Crippen LogP contribution in [0.2, 0.25) is 0 Å². The van der Waals surface area contributed by atoms with Crippen molar-refractivity contribution in [3.63, 3.8) is 0 Å². The first kappa shape index (κ1) is 11.7. The first-order valence-electron chi connectivity index (χ1n) is 5.01. The van der Waals surface area contributed by atoms with E-state index in [0.717, 1.165) is 13.0 Å². The summed E-state index contributed by atoms with van der Waals surface area (Å²) in [5, 5.41) is 8.65. The molecule has 0 aliphatic heterocycles. The topological polar surface area (TPSA) is 53.0 Å². The molecule has 3 heteroatoms. The molecule has 0 unspecified atom stereocenters. The van der Waals surface area contributed by atoms with Crippen LogP contribution < -0.4 is 5.73 Å². The molecule has 1 atom stereocenters. The standard InChI is InChI=1S/C12H17N3/c1-15(2)9-12(14)7-10-3-5-11(8-13)6-4-10/h3-6,12H,7,9,14H2,1-2H3/t12-/m1/s1. The fourth-order valence-corrected chi connectivity index (χ4v) is 1.55. The Morgan fingerprint density at radius 2 is 1.93 bits per heavy atom. The third-order valence-corrected chi connectivity index (χ3v) is 2.18. The Bertz CT molecular complexity index is 335. The number of nitrogens with two attached hydrogens (primary N) is 1. The van der Waals surface area contributed by atoms with Gasteiger partial charge >= 0.3 is 0 Å². The van der Waals surface area contributed by atoms with Crippen LogP contribution in [0, 0.1) is 11.3 Å². The van der Waals surface area contributed by atoms with Crippen molar-refractivity contribution in [2.45, 2.75) is 12.5 Å². The molecule has 0 saturated carbocycles. The van der Waals surface area contributed by atoms with Crippen LogP contribution in [0.5, 0.6) is 0 Å². The summed E-state index contributed by atoms with van der Waals surface area (Å²) in [5.41, 5.74) is 7.85. The number of hydrogen-bond acceptors (Lipinski definition) is 3. The van der Waals surface area contributed by atoms with E-state index in [1.165, 1.54) is 5.56 Å².